The predicted octanol–water partition coefficient (Wildman–Crippen LogP) is 5.88. The Morgan fingerprint density at radius 2 is 1.74 bits per heavy atom. The lowest BCUT2D eigenvalue weighted by atomic mass is 9.68. The number of esters is 1. The molecule has 34 heavy (non-hydrogen) atoms. The second-order valence-corrected chi connectivity index (χ2v) is 10.1. The van der Waals surface area contributed by atoms with Gasteiger partial charge in [-0.15, -0.1) is 0 Å². The van der Waals surface area contributed by atoms with Crippen LogP contribution in [0.5, 0.6) is 0 Å². The first-order valence-electron chi connectivity index (χ1n) is 11.7. The van der Waals surface area contributed by atoms with Crippen molar-refractivity contribution in [3.8, 4) is 0 Å². The molecule has 5 nitrogen and oxygen atoms in total. The Bertz CT molecular complexity index is 1180. The molecule has 0 fully saturated rings. The van der Waals surface area contributed by atoms with Crippen molar-refractivity contribution >= 4 is 29.0 Å². The van der Waals surface area contributed by atoms with Crippen LogP contribution in [0.1, 0.15) is 57.6 Å². The van der Waals surface area contributed by atoms with Crippen molar-refractivity contribution in [2.45, 2.75) is 52.9 Å². The molecule has 0 amide bonds. The van der Waals surface area contributed by atoms with Gasteiger partial charge in [-0.2, -0.15) is 0 Å². The largest absolute Gasteiger partial charge is 0.463 e. The fourth-order valence-electron chi connectivity index (χ4n) is 4.98. The summed E-state index contributed by atoms with van der Waals surface area (Å²) in [7, 11) is 0. The zero-order valence-electron chi connectivity index (χ0n) is 20.2. The van der Waals surface area contributed by atoms with Crippen LogP contribution in [0, 0.1) is 5.41 Å². The molecule has 0 saturated heterocycles. The minimum atomic E-state index is -0.577. The van der Waals surface area contributed by atoms with Crippen molar-refractivity contribution < 1.29 is 14.3 Å². The molecule has 2 aliphatic rings. The van der Waals surface area contributed by atoms with Gasteiger partial charge in [0.15, 0.2) is 5.78 Å². The van der Waals surface area contributed by atoms with Gasteiger partial charge in [0.05, 0.1) is 18.1 Å². The van der Waals surface area contributed by atoms with E-state index in [-0.39, 0.29) is 23.6 Å². The van der Waals surface area contributed by atoms with E-state index >= 15 is 0 Å². The molecule has 4 rings (SSSR count). The van der Waals surface area contributed by atoms with E-state index < -0.39 is 11.9 Å². The van der Waals surface area contributed by atoms with Gasteiger partial charge in [-0.05, 0) is 60.6 Å². The highest BCUT2D eigenvalue weighted by Gasteiger charge is 2.46. The predicted molar refractivity (Wildman–Crippen MR) is 135 cm³/mol. The monoisotopic (exact) mass is 478 g/mol. The summed E-state index contributed by atoms with van der Waals surface area (Å²) in [5, 5.41) is 0.595. The van der Waals surface area contributed by atoms with Gasteiger partial charge in [-0.25, -0.2) is 4.79 Å². The van der Waals surface area contributed by atoms with Gasteiger partial charge < -0.3 is 10.5 Å². The number of nitrogens with zero attached hydrogens (tertiary/aromatic N) is 1. The smallest absolute Gasteiger partial charge is 0.338 e. The highest BCUT2D eigenvalue weighted by atomic mass is 35.5. The number of hydrogen-bond acceptors (Lipinski definition) is 5. The van der Waals surface area contributed by atoms with Crippen molar-refractivity contribution in [2.24, 2.45) is 11.1 Å². The molecule has 1 atom stereocenters. The number of anilines is 1. The molecule has 0 aromatic heterocycles. The fraction of sp³-hybridized carbons (Fsp3) is 0.357. The summed E-state index contributed by atoms with van der Waals surface area (Å²) in [6, 6.07) is 15.3. The Morgan fingerprint density at radius 3 is 2.32 bits per heavy atom. The zero-order valence-corrected chi connectivity index (χ0v) is 20.9. The molecule has 2 aromatic carbocycles. The molecule has 2 aromatic rings. The van der Waals surface area contributed by atoms with E-state index in [4.69, 9.17) is 22.1 Å². The molecular weight excluding hydrogens is 448 g/mol. The summed E-state index contributed by atoms with van der Waals surface area (Å²) in [6.45, 7) is 8.24. The van der Waals surface area contributed by atoms with Crippen LogP contribution in [-0.4, -0.2) is 18.4 Å². The number of allylic oxidation sites excluding steroid dienone is 2. The normalized spacial score (nSPS) is 19.9. The van der Waals surface area contributed by atoms with Gasteiger partial charge in [0.25, 0.3) is 0 Å². The van der Waals surface area contributed by atoms with Crippen LogP contribution in [0.15, 0.2) is 71.2 Å². The summed E-state index contributed by atoms with van der Waals surface area (Å²) >= 11 is 6.14. The Labute approximate surface area is 206 Å². The summed E-state index contributed by atoms with van der Waals surface area (Å²) in [5.41, 5.74) is 11.1. The lowest BCUT2D eigenvalue weighted by Crippen LogP contribution is -2.43. The Hall–Kier alpha value is -3.05. The van der Waals surface area contributed by atoms with Crippen LogP contribution in [0.2, 0.25) is 5.02 Å². The van der Waals surface area contributed by atoms with Crippen molar-refractivity contribution in [2.75, 3.05) is 11.5 Å². The number of aryl methyl sites for hydroxylation is 1. The molecule has 1 heterocycles. The zero-order chi connectivity index (χ0) is 24.6. The lowest BCUT2D eigenvalue weighted by molar-refractivity contribution is -0.138. The number of ether oxygens (including phenoxy) is 1. The summed E-state index contributed by atoms with van der Waals surface area (Å²) in [4.78, 5) is 28.8. The number of hydrogen-bond donors (Lipinski definition) is 1. The average molecular weight is 479 g/mol. The van der Waals surface area contributed by atoms with E-state index in [0.29, 0.717) is 29.0 Å². The maximum Gasteiger partial charge on any atom is 0.338 e. The highest BCUT2D eigenvalue weighted by Crippen LogP contribution is 2.50. The third-order valence-corrected chi connectivity index (χ3v) is 6.81. The maximum absolute atomic E-state index is 13.7. The third kappa shape index (κ3) is 4.37. The van der Waals surface area contributed by atoms with Crippen molar-refractivity contribution in [3.05, 3.63) is 87.3 Å². The third-order valence-electron chi connectivity index (χ3n) is 6.56. The number of ketones is 1. The molecule has 0 spiro atoms. The summed E-state index contributed by atoms with van der Waals surface area (Å²) in [6.07, 6.45) is 1.95. The second kappa shape index (κ2) is 9.30. The molecule has 2 N–H and O–H groups in total. The minimum Gasteiger partial charge on any atom is -0.463 e. The lowest BCUT2D eigenvalue weighted by Gasteiger charge is -2.44. The number of nitrogens with two attached hydrogens (primary N) is 1. The first-order valence-corrected chi connectivity index (χ1v) is 12.1. The van der Waals surface area contributed by atoms with Crippen LogP contribution in [0.3, 0.4) is 0 Å². The number of halogens is 1. The molecule has 0 radical (unpaired) electrons. The first kappa shape index (κ1) is 24.1. The molecule has 0 unspecified atom stereocenters. The number of carbonyl (C=O) groups excluding carboxylic acids is 2. The Kier molecular flexibility index (Phi) is 6.59. The molecule has 6 heteroatoms. The van der Waals surface area contributed by atoms with Gasteiger partial charge in [0.1, 0.15) is 5.82 Å². The number of carbonyl (C=O) groups is 2. The molecule has 178 valence electrons. The van der Waals surface area contributed by atoms with Crippen LogP contribution in [0.4, 0.5) is 5.69 Å². The Morgan fingerprint density at radius 1 is 1.09 bits per heavy atom. The van der Waals surface area contributed by atoms with E-state index in [1.807, 2.05) is 41.3 Å². The van der Waals surface area contributed by atoms with Crippen LogP contribution in [-0.2, 0) is 20.7 Å². The van der Waals surface area contributed by atoms with E-state index in [9.17, 15) is 9.59 Å². The average Bonchev–Trinajstić information content (AvgIpc) is 2.78. The summed E-state index contributed by atoms with van der Waals surface area (Å²) < 4.78 is 5.45. The molecular formula is C28H31ClN2O3. The molecule has 1 aliphatic heterocycles. The highest BCUT2D eigenvalue weighted by molar-refractivity contribution is 6.30. The first-order chi connectivity index (χ1) is 16.2. The summed E-state index contributed by atoms with van der Waals surface area (Å²) in [5.74, 6) is -0.765. The van der Waals surface area contributed by atoms with Gasteiger partial charge in [-0.3, -0.25) is 9.69 Å². The van der Waals surface area contributed by atoms with Crippen molar-refractivity contribution in [1.29, 1.82) is 0 Å². The molecule has 1 aliphatic carbocycles. The van der Waals surface area contributed by atoms with Gasteiger partial charge in [-0.1, -0.05) is 56.6 Å². The standard InChI is InChI=1S/C28H31ClN2O3/c1-5-17-7-9-18(10-8-17)23-24-21(15-28(3,4)16-22(24)32)31(20-13-11-19(29)12-14-20)26(30)25(23)27(33)34-6-2/h7-14,23H,5-6,15-16,30H2,1-4H3/t23-/m0/s1. The second-order valence-electron chi connectivity index (χ2n) is 9.66. The quantitative estimate of drug-likeness (QED) is 0.543. The van der Waals surface area contributed by atoms with E-state index in [0.717, 1.165) is 23.4 Å². The van der Waals surface area contributed by atoms with Crippen LogP contribution in [0.25, 0.3) is 0 Å². The minimum absolute atomic E-state index is 0.0316. The molecule has 0 saturated carbocycles. The molecule has 0 bridgehead atoms. The van der Waals surface area contributed by atoms with Gasteiger partial charge >= 0.3 is 5.97 Å². The van der Waals surface area contributed by atoms with Crippen molar-refractivity contribution in [1.82, 2.24) is 0 Å². The topological polar surface area (TPSA) is 72.6 Å². The number of benzene rings is 2. The van der Waals surface area contributed by atoms with E-state index in [1.54, 1.807) is 19.1 Å². The fourth-order valence-corrected chi connectivity index (χ4v) is 5.11. The van der Waals surface area contributed by atoms with Gasteiger partial charge in [0, 0.05) is 28.4 Å². The number of Topliss-reactive ketones (excluding diaryl/α,β-unsaturated/α-hetero) is 1. The maximum atomic E-state index is 13.7. The van der Waals surface area contributed by atoms with Gasteiger partial charge in [0.2, 0.25) is 0 Å². The number of rotatable bonds is 5. The van der Waals surface area contributed by atoms with Crippen molar-refractivity contribution in [3.63, 3.8) is 0 Å². The van der Waals surface area contributed by atoms with Crippen LogP contribution < -0.4 is 10.6 Å². The van der Waals surface area contributed by atoms with Crippen LogP contribution >= 0.6 is 11.6 Å². The SMILES string of the molecule is CCOC(=O)C1=C(N)N(c2ccc(Cl)cc2)C2=C(C(=O)CC(C)(C)C2)[C@@H]1c1ccc(CC)cc1. The van der Waals surface area contributed by atoms with E-state index in [2.05, 4.69) is 20.8 Å². The van der Waals surface area contributed by atoms with E-state index in [1.165, 1.54) is 5.56 Å². The Balaban J connectivity index is 2.00.